The predicted octanol–water partition coefficient (Wildman–Crippen LogP) is 1.01. The van der Waals surface area contributed by atoms with Gasteiger partial charge in [-0.05, 0) is 36.9 Å². The molecule has 2 heterocycles. The van der Waals surface area contributed by atoms with Gasteiger partial charge in [0.1, 0.15) is 0 Å². The van der Waals surface area contributed by atoms with Gasteiger partial charge in [0.15, 0.2) is 0 Å². The first-order chi connectivity index (χ1) is 11.7. The van der Waals surface area contributed by atoms with Crippen molar-refractivity contribution in [3.8, 4) is 0 Å². The maximum absolute atomic E-state index is 12.3. The monoisotopic (exact) mass is 330 g/mol. The van der Waals surface area contributed by atoms with Gasteiger partial charge in [0.25, 0.3) is 0 Å². The van der Waals surface area contributed by atoms with E-state index >= 15 is 0 Å². The maximum atomic E-state index is 12.3. The van der Waals surface area contributed by atoms with Crippen molar-refractivity contribution in [1.29, 1.82) is 0 Å². The second kappa shape index (κ2) is 8.15. The minimum atomic E-state index is -0.0864. The van der Waals surface area contributed by atoms with Crippen LogP contribution in [0.2, 0.25) is 0 Å². The average Bonchev–Trinajstić information content (AvgIpc) is 2.62. The second-order valence-electron chi connectivity index (χ2n) is 6.53. The third kappa shape index (κ3) is 4.47. The standard InChI is InChI=1S/C18H26N4O2/c23-17(21-16-6-3-9-19-12-16)7-10-20-18(24)22-11-8-14-4-1-2-5-15(14)13-22/h1-2,4-5,16,19H,3,6-13H2,(H,20,24)(H,21,23)/t16-/m0/s1. The molecule has 1 aromatic carbocycles. The Morgan fingerprint density at radius 2 is 2.08 bits per heavy atom. The Hall–Kier alpha value is -2.08. The summed E-state index contributed by atoms with van der Waals surface area (Å²) < 4.78 is 0. The number of fused-ring (bicyclic) bond motifs is 1. The number of hydrogen-bond acceptors (Lipinski definition) is 3. The normalized spacial score (nSPS) is 20.2. The molecule has 0 saturated carbocycles. The summed E-state index contributed by atoms with van der Waals surface area (Å²) in [5.41, 5.74) is 2.53. The van der Waals surface area contributed by atoms with Crippen LogP contribution in [-0.2, 0) is 17.8 Å². The van der Waals surface area contributed by atoms with E-state index in [-0.39, 0.29) is 18.0 Å². The molecule has 0 spiro atoms. The van der Waals surface area contributed by atoms with Gasteiger partial charge in [-0.25, -0.2) is 4.79 Å². The summed E-state index contributed by atoms with van der Waals surface area (Å²) in [6.07, 6.45) is 3.34. The highest BCUT2D eigenvalue weighted by Gasteiger charge is 2.20. The molecule has 1 atom stereocenters. The van der Waals surface area contributed by atoms with E-state index in [0.717, 1.165) is 38.9 Å². The Morgan fingerprint density at radius 1 is 1.25 bits per heavy atom. The lowest BCUT2D eigenvalue weighted by Crippen LogP contribution is -2.47. The molecule has 0 aliphatic carbocycles. The predicted molar refractivity (Wildman–Crippen MR) is 92.6 cm³/mol. The third-order valence-electron chi connectivity index (χ3n) is 4.71. The zero-order valence-corrected chi connectivity index (χ0v) is 14.0. The van der Waals surface area contributed by atoms with E-state index < -0.39 is 0 Å². The fourth-order valence-corrected chi connectivity index (χ4v) is 3.34. The van der Waals surface area contributed by atoms with E-state index in [1.54, 1.807) is 0 Å². The molecule has 0 radical (unpaired) electrons. The zero-order chi connectivity index (χ0) is 16.8. The highest BCUT2D eigenvalue weighted by Crippen LogP contribution is 2.18. The average molecular weight is 330 g/mol. The van der Waals surface area contributed by atoms with Gasteiger partial charge >= 0.3 is 6.03 Å². The Bertz CT molecular complexity index is 584. The topological polar surface area (TPSA) is 73.5 Å². The van der Waals surface area contributed by atoms with Gasteiger partial charge in [-0.3, -0.25) is 4.79 Å². The maximum Gasteiger partial charge on any atom is 0.317 e. The van der Waals surface area contributed by atoms with Gasteiger partial charge in [0.05, 0.1) is 0 Å². The number of carbonyl (C=O) groups excluding carboxylic acids is 2. The molecule has 6 heteroatoms. The Labute approximate surface area is 143 Å². The van der Waals surface area contributed by atoms with Gasteiger partial charge in [0, 0.05) is 38.6 Å². The Balaban J connectivity index is 1.37. The molecule has 0 unspecified atom stereocenters. The minimum absolute atomic E-state index is 0.00740. The molecule has 6 nitrogen and oxygen atoms in total. The van der Waals surface area contributed by atoms with Gasteiger partial charge in [0.2, 0.25) is 5.91 Å². The lowest BCUT2D eigenvalue weighted by Gasteiger charge is -2.29. The molecule has 0 aromatic heterocycles. The molecule has 3 rings (SSSR count). The first-order valence-corrected chi connectivity index (χ1v) is 8.82. The number of urea groups is 1. The van der Waals surface area contributed by atoms with Crippen molar-refractivity contribution in [2.24, 2.45) is 0 Å². The van der Waals surface area contributed by atoms with Gasteiger partial charge in [-0.15, -0.1) is 0 Å². The molecule has 0 bridgehead atoms. The minimum Gasteiger partial charge on any atom is -0.352 e. The van der Waals surface area contributed by atoms with Crippen molar-refractivity contribution in [3.63, 3.8) is 0 Å². The van der Waals surface area contributed by atoms with E-state index in [0.29, 0.717) is 19.5 Å². The molecule has 1 aromatic rings. The summed E-state index contributed by atoms with van der Waals surface area (Å²) in [5.74, 6) is 0.00740. The van der Waals surface area contributed by atoms with Crippen LogP contribution in [0.1, 0.15) is 30.4 Å². The fraction of sp³-hybridized carbons (Fsp3) is 0.556. The van der Waals surface area contributed by atoms with Crippen LogP contribution in [0.5, 0.6) is 0 Å². The van der Waals surface area contributed by atoms with E-state index in [1.807, 2.05) is 17.0 Å². The van der Waals surface area contributed by atoms with Crippen LogP contribution in [0.4, 0.5) is 4.79 Å². The van der Waals surface area contributed by atoms with Crippen molar-refractivity contribution < 1.29 is 9.59 Å². The van der Waals surface area contributed by atoms with E-state index in [1.165, 1.54) is 11.1 Å². The van der Waals surface area contributed by atoms with Crippen molar-refractivity contribution in [1.82, 2.24) is 20.9 Å². The van der Waals surface area contributed by atoms with Gasteiger partial charge in [-0.2, -0.15) is 0 Å². The van der Waals surface area contributed by atoms with Crippen LogP contribution >= 0.6 is 0 Å². The van der Waals surface area contributed by atoms with E-state index in [4.69, 9.17) is 0 Å². The molecule has 24 heavy (non-hydrogen) atoms. The van der Waals surface area contributed by atoms with Crippen LogP contribution < -0.4 is 16.0 Å². The first kappa shape index (κ1) is 16.8. The third-order valence-corrected chi connectivity index (χ3v) is 4.71. The molecule has 1 saturated heterocycles. The number of amides is 3. The fourth-order valence-electron chi connectivity index (χ4n) is 3.34. The summed E-state index contributed by atoms with van der Waals surface area (Å²) in [4.78, 5) is 26.0. The number of nitrogens with one attached hydrogen (secondary N) is 3. The molecule has 130 valence electrons. The van der Waals surface area contributed by atoms with Crippen LogP contribution in [0.15, 0.2) is 24.3 Å². The summed E-state index contributed by atoms with van der Waals surface area (Å²) >= 11 is 0. The van der Waals surface area contributed by atoms with Crippen LogP contribution in [0.3, 0.4) is 0 Å². The molecule has 1 fully saturated rings. The van der Waals surface area contributed by atoms with Crippen LogP contribution in [0, 0.1) is 0 Å². The molecule has 2 aliphatic heterocycles. The zero-order valence-electron chi connectivity index (χ0n) is 14.0. The van der Waals surface area contributed by atoms with Crippen molar-refractivity contribution in [2.75, 3.05) is 26.2 Å². The quantitative estimate of drug-likeness (QED) is 0.771. The van der Waals surface area contributed by atoms with E-state index in [9.17, 15) is 9.59 Å². The van der Waals surface area contributed by atoms with E-state index in [2.05, 4.69) is 28.1 Å². The number of piperidine rings is 1. The summed E-state index contributed by atoms with van der Waals surface area (Å²) in [7, 11) is 0. The van der Waals surface area contributed by atoms with Crippen molar-refractivity contribution in [2.45, 2.75) is 38.3 Å². The van der Waals surface area contributed by atoms with Crippen molar-refractivity contribution in [3.05, 3.63) is 35.4 Å². The largest absolute Gasteiger partial charge is 0.352 e. The molecule has 3 amide bonds. The highest BCUT2D eigenvalue weighted by atomic mass is 16.2. The molecule has 3 N–H and O–H groups in total. The molecule has 2 aliphatic rings. The van der Waals surface area contributed by atoms with Crippen LogP contribution in [-0.4, -0.2) is 49.1 Å². The number of hydrogen-bond donors (Lipinski definition) is 3. The lowest BCUT2D eigenvalue weighted by atomic mass is 10.0. The van der Waals surface area contributed by atoms with Crippen molar-refractivity contribution >= 4 is 11.9 Å². The number of rotatable bonds is 4. The van der Waals surface area contributed by atoms with Gasteiger partial charge < -0.3 is 20.9 Å². The second-order valence-corrected chi connectivity index (χ2v) is 6.53. The smallest absolute Gasteiger partial charge is 0.317 e. The summed E-state index contributed by atoms with van der Waals surface area (Å²) in [6, 6.07) is 8.37. The van der Waals surface area contributed by atoms with Gasteiger partial charge in [-0.1, -0.05) is 24.3 Å². The lowest BCUT2D eigenvalue weighted by molar-refractivity contribution is -0.121. The number of benzene rings is 1. The van der Waals surface area contributed by atoms with Crippen LogP contribution in [0.25, 0.3) is 0 Å². The Morgan fingerprint density at radius 3 is 2.88 bits per heavy atom. The SMILES string of the molecule is O=C(CCNC(=O)N1CCc2ccccc2C1)N[C@H]1CCCNC1. The Kier molecular flexibility index (Phi) is 5.69. The molecular formula is C18H26N4O2. The molecular weight excluding hydrogens is 304 g/mol. The number of nitrogens with zero attached hydrogens (tertiary/aromatic N) is 1. The summed E-state index contributed by atoms with van der Waals surface area (Å²) in [6.45, 7) is 3.61. The highest BCUT2D eigenvalue weighted by molar-refractivity contribution is 5.78. The number of carbonyl (C=O) groups is 2. The summed E-state index contributed by atoms with van der Waals surface area (Å²) in [5, 5.41) is 9.16. The first-order valence-electron chi connectivity index (χ1n) is 8.82.